The zero-order valence-corrected chi connectivity index (χ0v) is 12.4. The zero-order chi connectivity index (χ0) is 16.5. The van der Waals surface area contributed by atoms with Crippen LogP contribution < -0.4 is 0 Å². The lowest BCUT2D eigenvalue weighted by Crippen LogP contribution is -2.41. The monoisotopic (exact) mass is 319 g/mol. The van der Waals surface area contributed by atoms with Crippen molar-refractivity contribution in [2.24, 2.45) is 0 Å². The lowest BCUT2D eigenvalue weighted by atomic mass is 9.57. The van der Waals surface area contributed by atoms with E-state index in [0.29, 0.717) is 24.1 Å². The van der Waals surface area contributed by atoms with E-state index in [1.807, 2.05) is 0 Å². The van der Waals surface area contributed by atoms with Crippen LogP contribution in [0.2, 0.25) is 0 Å². The summed E-state index contributed by atoms with van der Waals surface area (Å²) in [6.45, 7) is 0. The fraction of sp³-hybridized carbons (Fsp3) is 0.333. The van der Waals surface area contributed by atoms with Crippen molar-refractivity contribution < 1.29 is 18.0 Å². The predicted molar refractivity (Wildman–Crippen MR) is 80.0 cm³/mol. The zero-order valence-electron chi connectivity index (χ0n) is 12.4. The summed E-state index contributed by atoms with van der Waals surface area (Å²) in [5.41, 5.74) is -0.0786. The van der Waals surface area contributed by atoms with Gasteiger partial charge in [0.2, 0.25) is 0 Å². The lowest BCUT2D eigenvalue weighted by Gasteiger charge is -2.46. The molecule has 2 aromatic rings. The Morgan fingerprint density at radius 3 is 2.43 bits per heavy atom. The molecule has 0 spiro atoms. The molecule has 0 N–H and O–H groups in total. The van der Waals surface area contributed by atoms with Crippen LogP contribution in [0, 0.1) is 0 Å². The SMILES string of the molecule is O=CC(c1ccccn1)C1(c2cccc(C(F)(F)F)c2)CCC1. The number of hydrogen-bond donors (Lipinski definition) is 0. The first kappa shape index (κ1) is 15.7. The third-order valence-corrected chi connectivity index (χ3v) is 4.75. The van der Waals surface area contributed by atoms with E-state index in [4.69, 9.17) is 0 Å². The number of pyridine rings is 1. The van der Waals surface area contributed by atoms with E-state index in [-0.39, 0.29) is 0 Å². The molecule has 23 heavy (non-hydrogen) atoms. The Hall–Kier alpha value is -2.17. The molecule has 1 unspecified atom stereocenters. The van der Waals surface area contributed by atoms with Crippen LogP contribution in [-0.4, -0.2) is 11.3 Å². The van der Waals surface area contributed by atoms with Crippen LogP contribution in [0.4, 0.5) is 13.2 Å². The minimum atomic E-state index is -4.39. The predicted octanol–water partition coefficient (Wildman–Crippen LogP) is 4.50. The van der Waals surface area contributed by atoms with Gasteiger partial charge in [-0.1, -0.05) is 30.7 Å². The van der Waals surface area contributed by atoms with Gasteiger partial charge in [-0.05, 0) is 36.6 Å². The van der Waals surface area contributed by atoms with Crippen LogP contribution in [0.3, 0.4) is 0 Å². The van der Waals surface area contributed by atoms with Crippen LogP contribution in [0.1, 0.15) is 42.0 Å². The largest absolute Gasteiger partial charge is 0.416 e. The number of alkyl halides is 3. The summed E-state index contributed by atoms with van der Waals surface area (Å²) >= 11 is 0. The summed E-state index contributed by atoms with van der Waals surface area (Å²) in [5, 5.41) is 0. The first-order valence-electron chi connectivity index (χ1n) is 7.51. The maximum Gasteiger partial charge on any atom is 0.416 e. The van der Waals surface area contributed by atoms with E-state index in [0.717, 1.165) is 18.8 Å². The number of benzene rings is 1. The normalized spacial score (nSPS) is 18.0. The quantitative estimate of drug-likeness (QED) is 0.776. The van der Waals surface area contributed by atoms with Gasteiger partial charge in [0.05, 0.1) is 17.2 Å². The van der Waals surface area contributed by atoms with Gasteiger partial charge in [-0.25, -0.2) is 0 Å². The summed E-state index contributed by atoms with van der Waals surface area (Å²) in [5.74, 6) is -0.527. The van der Waals surface area contributed by atoms with Crippen LogP contribution in [0.5, 0.6) is 0 Å². The molecule has 0 radical (unpaired) electrons. The highest BCUT2D eigenvalue weighted by molar-refractivity contribution is 5.66. The van der Waals surface area contributed by atoms with Crippen molar-refractivity contribution in [1.29, 1.82) is 0 Å². The van der Waals surface area contributed by atoms with E-state index in [1.165, 1.54) is 12.1 Å². The molecule has 1 atom stereocenters. The molecule has 5 heteroatoms. The summed E-state index contributed by atoms with van der Waals surface area (Å²) in [7, 11) is 0. The van der Waals surface area contributed by atoms with Crippen LogP contribution in [0.25, 0.3) is 0 Å². The molecule has 2 nitrogen and oxygen atoms in total. The van der Waals surface area contributed by atoms with Gasteiger partial charge < -0.3 is 4.79 Å². The number of carbonyl (C=O) groups excluding carboxylic acids is 1. The number of carbonyl (C=O) groups is 1. The molecule has 3 rings (SSSR count). The van der Waals surface area contributed by atoms with Crippen molar-refractivity contribution in [2.45, 2.75) is 36.8 Å². The smallest absolute Gasteiger partial charge is 0.303 e. The fourth-order valence-corrected chi connectivity index (χ4v) is 3.39. The van der Waals surface area contributed by atoms with Crippen molar-refractivity contribution >= 4 is 6.29 Å². The molecule has 1 saturated carbocycles. The molecule has 1 aromatic heterocycles. The highest BCUT2D eigenvalue weighted by Gasteiger charge is 2.47. The van der Waals surface area contributed by atoms with Gasteiger partial charge in [-0.15, -0.1) is 0 Å². The first-order valence-corrected chi connectivity index (χ1v) is 7.51. The molecular formula is C18H16F3NO. The van der Waals surface area contributed by atoms with Crippen molar-refractivity contribution in [3.05, 3.63) is 65.5 Å². The van der Waals surface area contributed by atoms with Gasteiger partial charge in [0.25, 0.3) is 0 Å². The van der Waals surface area contributed by atoms with Crippen molar-refractivity contribution in [3.8, 4) is 0 Å². The molecule has 1 heterocycles. The average Bonchev–Trinajstić information content (AvgIpc) is 2.51. The van der Waals surface area contributed by atoms with Crippen LogP contribution >= 0.6 is 0 Å². The summed E-state index contributed by atoms with van der Waals surface area (Å²) in [6.07, 6.45) is 0.310. The van der Waals surface area contributed by atoms with Gasteiger partial charge in [-0.3, -0.25) is 4.98 Å². The van der Waals surface area contributed by atoms with Gasteiger partial charge in [0, 0.05) is 11.6 Å². The van der Waals surface area contributed by atoms with Gasteiger partial charge >= 0.3 is 6.18 Å². The molecule has 1 aliphatic carbocycles. The molecular weight excluding hydrogens is 303 g/mol. The Kier molecular flexibility index (Phi) is 3.96. The Labute approximate surface area is 132 Å². The summed E-state index contributed by atoms with van der Waals surface area (Å²) in [4.78, 5) is 16.0. The topological polar surface area (TPSA) is 30.0 Å². The molecule has 0 bridgehead atoms. The standard InChI is InChI=1S/C18H16F3NO/c19-18(20,21)14-6-3-5-13(11-14)17(8-4-9-17)15(12-23)16-7-1-2-10-22-16/h1-3,5-7,10-12,15H,4,8-9H2. The third-order valence-electron chi connectivity index (χ3n) is 4.75. The Bertz CT molecular complexity index is 693. The van der Waals surface area contributed by atoms with E-state index in [2.05, 4.69) is 4.98 Å². The lowest BCUT2D eigenvalue weighted by molar-refractivity contribution is -0.137. The summed E-state index contributed by atoms with van der Waals surface area (Å²) in [6, 6.07) is 10.6. The Morgan fingerprint density at radius 1 is 1.13 bits per heavy atom. The van der Waals surface area contributed by atoms with Gasteiger partial charge in [0.15, 0.2) is 0 Å². The number of nitrogens with zero attached hydrogens (tertiary/aromatic N) is 1. The second-order valence-corrected chi connectivity index (χ2v) is 5.96. The number of hydrogen-bond acceptors (Lipinski definition) is 2. The van der Waals surface area contributed by atoms with E-state index in [1.54, 1.807) is 30.5 Å². The number of aromatic nitrogens is 1. The average molecular weight is 319 g/mol. The Balaban J connectivity index is 2.06. The molecule has 0 saturated heterocycles. The fourth-order valence-electron chi connectivity index (χ4n) is 3.39. The molecule has 1 aliphatic rings. The first-order chi connectivity index (χ1) is 11.0. The van der Waals surface area contributed by atoms with E-state index < -0.39 is 23.1 Å². The second-order valence-electron chi connectivity index (χ2n) is 5.96. The van der Waals surface area contributed by atoms with Crippen LogP contribution in [0.15, 0.2) is 48.7 Å². The minimum Gasteiger partial charge on any atom is -0.303 e. The van der Waals surface area contributed by atoms with Crippen molar-refractivity contribution in [3.63, 3.8) is 0 Å². The molecule has 0 amide bonds. The van der Waals surface area contributed by atoms with E-state index in [9.17, 15) is 18.0 Å². The molecule has 0 aliphatic heterocycles. The van der Waals surface area contributed by atoms with E-state index >= 15 is 0 Å². The maximum absolute atomic E-state index is 13.0. The second kappa shape index (κ2) is 5.80. The minimum absolute atomic E-state index is 0.527. The number of rotatable bonds is 4. The highest BCUT2D eigenvalue weighted by atomic mass is 19.4. The van der Waals surface area contributed by atoms with Gasteiger partial charge in [0.1, 0.15) is 6.29 Å². The van der Waals surface area contributed by atoms with Crippen molar-refractivity contribution in [2.75, 3.05) is 0 Å². The molecule has 1 aromatic carbocycles. The maximum atomic E-state index is 13.0. The van der Waals surface area contributed by atoms with Crippen LogP contribution in [-0.2, 0) is 16.4 Å². The molecule has 1 fully saturated rings. The highest BCUT2D eigenvalue weighted by Crippen LogP contribution is 2.52. The van der Waals surface area contributed by atoms with Crippen molar-refractivity contribution in [1.82, 2.24) is 4.98 Å². The summed E-state index contributed by atoms with van der Waals surface area (Å²) < 4.78 is 39.0. The number of aldehydes is 1. The third kappa shape index (κ3) is 2.76. The van der Waals surface area contributed by atoms with Gasteiger partial charge in [-0.2, -0.15) is 13.2 Å². The number of halogens is 3. The molecule has 120 valence electrons. The Morgan fingerprint density at radius 2 is 1.91 bits per heavy atom.